The fourth-order valence-corrected chi connectivity index (χ4v) is 3.86. The van der Waals surface area contributed by atoms with Crippen molar-refractivity contribution in [1.29, 1.82) is 0 Å². The van der Waals surface area contributed by atoms with Crippen molar-refractivity contribution in [3.05, 3.63) is 38.2 Å². The van der Waals surface area contributed by atoms with Crippen LogP contribution in [0.3, 0.4) is 0 Å². The number of unbranched alkanes of at least 4 members (excludes halogenated alkanes) is 4. The number of amides is 1. The quantitative estimate of drug-likeness (QED) is 0.301. The van der Waals surface area contributed by atoms with Gasteiger partial charge in [0.1, 0.15) is 0 Å². The van der Waals surface area contributed by atoms with Gasteiger partial charge in [-0.05, 0) is 19.4 Å². The highest BCUT2D eigenvalue weighted by Crippen LogP contribution is 2.04. The van der Waals surface area contributed by atoms with Crippen molar-refractivity contribution >= 4 is 22.8 Å². The first-order chi connectivity index (χ1) is 12.9. The van der Waals surface area contributed by atoms with Gasteiger partial charge in [0.05, 0.1) is 18.2 Å². The van der Waals surface area contributed by atoms with Crippen LogP contribution in [0.2, 0.25) is 0 Å². The van der Waals surface area contributed by atoms with Crippen molar-refractivity contribution in [2.24, 2.45) is 0 Å². The number of hydrogen-bond donors (Lipinski definition) is 4. The molecule has 0 saturated carbocycles. The monoisotopic (exact) mass is 399 g/mol. The van der Waals surface area contributed by atoms with Crippen LogP contribution in [0, 0.1) is 6.92 Å². The summed E-state index contributed by atoms with van der Waals surface area (Å²) in [6.07, 6.45) is 7.79. The number of nitrogens with one attached hydrogen (secondary N) is 3. The van der Waals surface area contributed by atoms with Crippen LogP contribution in [0.25, 0.3) is 6.08 Å². The maximum Gasteiger partial charge on any atom is 0.325 e. The van der Waals surface area contributed by atoms with Crippen molar-refractivity contribution in [1.82, 2.24) is 15.3 Å². The van der Waals surface area contributed by atoms with Gasteiger partial charge in [0.2, 0.25) is 5.91 Å². The van der Waals surface area contributed by atoms with Gasteiger partial charge < -0.3 is 15.4 Å². The number of aliphatic hydroxyl groups excluding tert-OH is 1. The van der Waals surface area contributed by atoms with E-state index in [9.17, 15) is 23.7 Å². The number of aromatic nitrogens is 2. The van der Waals surface area contributed by atoms with E-state index in [1.54, 1.807) is 6.92 Å². The van der Waals surface area contributed by atoms with Crippen molar-refractivity contribution in [3.8, 4) is 0 Å². The zero-order chi connectivity index (χ0) is 20.2. The molecule has 1 heterocycles. The minimum Gasteiger partial charge on any atom is -0.394 e. The predicted molar refractivity (Wildman–Crippen MR) is 107 cm³/mol. The first kappa shape index (κ1) is 23.0. The number of aliphatic hydroxyl groups is 1. The van der Waals surface area contributed by atoms with Crippen LogP contribution >= 0.6 is 0 Å². The van der Waals surface area contributed by atoms with E-state index in [1.807, 2.05) is 0 Å². The fourth-order valence-electron chi connectivity index (χ4n) is 2.53. The van der Waals surface area contributed by atoms with Gasteiger partial charge in [-0.2, -0.15) is 0 Å². The molecule has 2 atom stereocenters. The Kier molecular flexibility index (Phi) is 10.6. The number of H-pyrrole nitrogens is 2. The molecule has 0 aliphatic rings. The molecule has 0 radical (unpaired) electrons. The minimum absolute atomic E-state index is 0.168. The smallest absolute Gasteiger partial charge is 0.325 e. The lowest BCUT2D eigenvalue weighted by molar-refractivity contribution is -0.117. The highest BCUT2D eigenvalue weighted by atomic mass is 32.2. The summed E-state index contributed by atoms with van der Waals surface area (Å²) in [7, 11) is -1.12. The number of aromatic amines is 2. The predicted octanol–water partition coefficient (Wildman–Crippen LogP) is 0.581. The fraction of sp³-hybridized carbons (Fsp3) is 0.611. The van der Waals surface area contributed by atoms with Crippen LogP contribution in [0.5, 0.6) is 0 Å². The molecule has 0 saturated heterocycles. The van der Waals surface area contributed by atoms with E-state index in [-0.39, 0.29) is 17.9 Å². The third-order valence-electron chi connectivity index (χ3n) is 4.01. The van der Waals surface area contributed by atoms with E-state index < -0.39 is 34.0 Å². The van der Waals surface area contributed by atoms with Crippen LogP contribution in [0.15, 0.2) is 15.7 Å². The van der Waals surface area contributed by atoms with Gasteiger partial charge in [-0.3, -0.25) is 18.8 Å². The first-order valence-corrected chi connectivity index (χ1v) is 10.6. The lowest BCUT2D eigenvalue weighted by Crippen LogP contribution is -2.40. The number of carbonyl (C=O) groups excluding carboxylic acids is 1. The summed E-state index contributed by atoms with van der Waals surface area (Å²) < 4.78 is 12.1. The molecule has 2 unspecified atom stereocenters. The SMILES string of the molecule is CCCCCCCS(=O)CC(CO)NC(=O)/C=C/c1c(C)[nH]c(=O)[nH]c1=O. The zero-order valence-corrected chi connectivity index (χ0v) is 16.7. The second-order valence-corrected chi connectivity index (χ2v) is 8.01. The molecule has 0 aliphatic carbocycles. The number of carbonyl (C=O) groups is 1. The Bertz CT molecular complexity index is 769. The molecular weight excluding hydrogens is 370 g/mol. The summed E-state index contributed by atoms with van der Waals surface area (Å²) in [5.41, 5.74) is -0.698. The molecule has 0 aliphatic heterocycles. The van der Waals surface area contributed by atoms with E-state index in [0.29, 0.717) is 11.4 Å². The standard InChI is InChI=1S/C18H29N3O5S/c1-3-4-5-6-7-10-27(26)12-14(11-22)20-16(23)9-8-15-13(2)19-18(25)21-17(15)24/h8-9,14,22H,3-7,10-12H2,1-2H3,(H,20,23)(H2,19,21,24,25)/b9-8+. The van der Waals surface area contributed by atoms with Crippen LogP contribution < -0.4 is 16.6 Å². The molecule has 1 aromatic rings. The summed E-state index contributed by atoms with van der Waals surface area (Å²) >= 11 is 0. The van der Waals surface area contributed by atoms with Gasteiger partial charge >= 0.3 is 5.69 Å². The van der Waals surface area contributed by atoms with Crippen LogP contribution in [0.4, 0.5) is 0 Å². The molecule has 0 spiro atoms. The van der Waals surface area contributed by atoms with Gasteiger partial charge in [0.15, 0.2) is 0 Å². The van der Waals surface area contributed by atoms with Crippen molar-refractivity contribution in [2.45, 2.75) is 52.0 Å². The molecule has 1 rings (SSSR count). The summed E-state index contributed by atoms with van der Waals surface area (Å²) in [5.74, 6) is 0.221. The highest BCUT2D eigenvalue weighted by molar-refractivity contribution is 7.85. The zero-order valence-electron chi connectivity index (χ0n) is 15.9. The third kappa shape index (κ3) is 8.96. The molecule has 0 fully saturated rings. The molecule has 4 N–H and O–H groups in total. The molecule has 1 amide bonds. The molecular formula is C18H29N3O5S. The van der Waals surface area contributed by atoms with E-state index in [0.717, 1.165) is 31.8 Å². The average Bonchev–Trinajstić information content (AvgIpc) is 2.60. The molecule has 27 heavy (non-hydrogen) atoms. The molecule has 0 aromatic carbocycles. The molecule has 152 valence electrons. The first-order valence-electron chi connectivity index (χ1n) is 9.15. The van der Waals surface area contributed by atoms with Gasteiger partial charge in [-0.15, -0.1) is 0 Å². The Morgan fingerprint density at radius 3 is 2.56 bits per heavy atom. The topological polar surface area (TPSA) is 132 Å². The van der Waals surface area contributed by atoms with Crippen molar-refractivity contribution < 1.29 is 14.1 Å². The van der Waals surface area contributed by atoms with Crippen LogP contribution in [-0.4, -0.2) is 49.3 Å². The molecule has 9 heteroatoms. The molecule has 8 nitrogen and oxygen atoms in total. The van der Waals surface area contributed by atoms with E-state index >= 15 is 0 Å². The Labute approximate surface area is 160 Å². The van der Waals surface area contributed by atoms with Gasteiger partial charge in [-0.1, -0.05) is 32.6 Å². The molecule has 1 aromatic heterocycles. The van der Waals surface area contributed by atoms with Gasteiger partial charge in [0.25, 0.3) is 5.56 Å². The Hall–Kier alpha value is -2.00. The Morgan fingerprint density at radius 1 is 1.22 bits per heavy atom. The van der Waals surface area contributed by atoms with Crippen LogP contribution in [0.1, 0.15) is 50.3 Å². The maximum atomic E-state index is 12.1. The van der Waals surface area contributed by atoms with E-state index in [1.165, 1.54) is 12.5 Å². The van der Waals surface area contributed by atoms with Crippen molar-refractivity contribution in [2.75, 3.05) is 18.1 Å². The van der Waals surface area contributed by atoms with Gasteiger partial charge in [-0.25, -0.2) is 4.79 Å². The normalized spacial score (nSPS) is 13.6. The van der Waals surface area contributed by atoms with E-state index in [4.69, 9.17) is 0 Å². The number of rotatable bonds is 12. The number of aryl methyl sites for hydroxylation is 1. The maximum absolute atomic E-state index is 12.1. The summed E-state index contributed by atoms with van der Waals surface area (Å²) in [4.78, 5) is 39.4. The number of hydrogen-bond acceptors (Lipinski definition) is 5. The average molecular weight is 400 g/mol. The highest BCUT2D eigenvalue weighted by Gasteiger charge is 2.13. The lowest BCUT2D eigenvalue weighted by Gasteiger charge is -2.14. The summed E-state index contributed by atoms with van der Waals surface area (Å²) in [5, 5.41) is 12.0. The Balaban J connectivity index is 2.52. The molecule has 0 bridgehead atoms. The summed E-state index contributed by atoms with van der Waals surface area (Å²) in [6.45, 7) is 3.36. The largest absolute Gasteiger partial charge is 0.394 e. The summed E-state index contributed by atoms with van der Waals surface area (Å²) in [6, 6.07) is -0.617. The van der Waals surface area contributed by atoms with E-state index in [2.05, 4.69) is 22.2 Å². The second-order valence-electron chi connectivity index (χ2n) is 6.39. The van der Waals surface area contributed by atoms with Crippen molar-refractivity contribution in [3.63, 3.8) is 0 Å². The second kappa shape index (κ2) is 12.4. The lowest BCUT2D eigenvalue weighted by atomic mass is 10.2. The third-order valence-corrected chi connectivity index (χ3v) is 5.53. The van der Waals surface area contributed by atoms with Crippen LogP contribution in [-0.2, 0) is 15.6 Å². The Morgan fingerprint density at radius 2 is 1.93 bits per heavy atom. The van der Waals surface area contributed by atoms with Gasteiger partial charge in [0, 0.05) is 34.1 Å². The minimum atomic E-state index is -1.12.